The first kappa shape index (κ1) is 29.0. The summed E-state index contributed by atoms with van der Waals surface area (Å²) >= 11 is 3.01. The van der Waals surface area contributed by atoms with Crippen molar-refractivity contribution in [1.82, 2.24) is 15.5 Å². The summed E-state index contributed by atoms with van der Waals surface area (Å²) < 4.78 is 0. The van der Waals surface area contributed by atoms with Crippen molar-refractivity contribution in [2.24, 2.45) is 11.5 Å². The van der Waals surface area contributed by atoms with Crippen LogP contribution in [0.25, 0.3) is 0 Å². The first-order chi connectivity index (χ1) is 15.6. The van der Waals surface area contributed by atoms with Gasteiger partial charge in [-0.3, -0.25) is 19.2 Å². The Morgan fingerprint density at radius 3 is 2.18 bits per heavy atom. The third-order valence-electron chi connectivity index (χ3n) is 5.33. The molecule has 0 radical (unpaired) electrons. The molecule has 1 heterocycles. The van der Waals surface area contributed by atoms with Crippen molar-refractivity contribution in [3.8, 4) is 0 Å². The lowest BCUT2D eigenvalue weighted by Crippen LogP contribution is -2.57. The Balaban J connectivity index is 2.96. The average Bonchev–Trinajstić information content (AvgIpc) is 3.27. The number of carboxylic acids is 1. The van der Waals surface area contributed by atoms with Crippen molar-refractivity contribution < 1.29 is 29.1 Å². The van der Waals surface area contributed by atoms with Crippen LogP contribution in [0.15, 0.2) is 0 Å². The summed E-state index contributed by atoms with van der Waals surface area (Å²) in [4.78, 5) is 62.6. The topological polar surface area (TPSA) is 185 Å². The van der Waals surface area contributed by atoms with E-state index in [0.29, 0.717) is 37.3 Å². The monoisotopic (exact) mass is 505 g/mol. The average molecular weight is 506 g/mol. The van der Waals surface area contributed by atoms with Crippen molar-refractivity contribution in [1.29, 1.82) is 0 Å². The fraction of sp³-hybridized carbons (Fsp3) is 0.750. The number of carbonyl (C=O) groups is 5. The zero-order valence-electron chi connectivity index (χ0n) is 19.1. The minimum absolute atomic E-state index is 0.0486. The second-order valence-corrected chi connectivity index (χ2v) is 9.80. The summed E-state index contributed by atoms with van der Waals surface area (Å²) in [6.45, 7) is 0.299. The second-order valence-electron chi connectivity index (χ2n) is 7.82. The molecular weight excluding hydrogens is 470 g/mol. The quantitative estimate of drug-likeness (QED) is 0.189. The maximum Gasteiger partial charge on any atom is 0.326 e. The molecule has 1 saturated heterocycles. The summed E-state index contributed by atoms with van der Waals surface area (Å²) in [5.74, 6) is -2.15. The molecule has 7 N–H and O–H groups in total. The first-order valence-electron chi connectivity index (χ1n) is 10.8. The molecule has 0 saturated carbocycles. The minimum Gasteiger partial charge on any atom is -0.480 e. The molecule has 0 aromatic carbocycles. The highest BCUT2D eigenvalue weighted by atomic mass is 32.2. The van der Waals surface area contributed by atoms with Gasteiger partial charge in [0.05, 0.1) is 6.04 Å². The highest BCUT2D eigenvalue weighted by molar-refractivity contribution is 7.98. The molecule has 1 aliphatic heterocycles. The molecule has 1 fully saturated rings. The zero-order chi connectivity index (χ0) is 25.0. The molecule has 1 aliphatic rings. The van der Waals surface area contributed by atoms with Crippen LogP contribution in [0.2, 0.25) is 0 Å². The highest BCUT2D eigenvalue weighted by Crippen LogP contribution is 2.20. The predicted octanol–water partition coefficient (Wildman–Crippen LogP) is -0.869. The number of hydrogen-bond donors (Lipinski definition) is 5. The fourth-order valence-electron chi connectivity index (χ4n) is 3.46. The van der Waals surface area contributed by atoms with Gasteiger partial charge in [-0.25, -0.2) is 4.79 Å². The summed E-state index contributed by atoms with van der Waals surface area (Å²) in [6, 6.07) is -3.81. The smallest absolute Gasteiger partial charge is 0.326 e. The molecule has 188 valence electrons. The number of thioether (sulfide) groups is 2. The highest BCUT2D eigenvalue weighted by Gasteiger charge is 2.38. The standard InChI is InChI=1S/C20H35N5O6S2/c1-32-10-7-12(21)17(27)23-13(5-6-16(22)26)18(28)24-14(8-11-33-2)19(29)25-9-3-4-15(25)20(30)31/h12-15H,3-11,21H2,1-2H3,(H2,22,26)(H,23,27)(H,24,28)(H,30,31). The SMILES string of the molecule is CSCCC(N)C(=O)NC(CCC(N)=O)C(=O)NC(CCSC)C(=O)N1CCCC1C(=O)O. The molecule has 4 amide bonds. The maximum atomic E-state index is 13.1. The number of nitrogens with two attached hydrogens (primary N) is 2. The van der Waals surface area contributed by atoms with E-state index in [1.54, 1.807) is 0 Å². The van der Waals surface area contributed by atoms with Crippen molar-refractivity contribution in [3.63, 3.8) is 0 Å². The molecule has 0 spiro atoms. The lowest BCUT2D eigenvalue weighted by atomic mass is 10.1. The number of carboxylic acid groups (broad SMARTS) is 1. The van der Waals surface area contributed by atoms with Crippen LogP contribution in [0.1, 0.15) is 38.5 Å². The molecule has 0 aliphatic carbocycles. The van der Waals surface area contributed by atoms with Crippen molar-refractivity contribution in [2.45, 2.75) is 62.7 Å². The van der Waals surface area contributed by atoms with E-state index in [9.17, 15) is 29.1 Å². The number of primary amides is 1. The normalized spacial score (nSPS) is 18.3. The van der Waals surface area contributed by atoms with E-state index < -0.39 is 53.8 Å². The summed E-state index contributed by atoms with van der Waals surface area (Å²) in [5, 5.41) is 14.6. The second kappa shape index (κ2) is 15.0. The van der Waals surface area contributed by atoms with Gasteiger partial charge >= 0.3 is 5.97 Å². The largest absolute Gasteiger partial charge is 0.480 e. The van der Waals surface area contributed by atoms with Gasteiger partial charge in [-0.15, -0.1) is 0 Å². The molecular formula is C20H35N5O6S2. The van der Waals surface area contributed by atoms with Gasteiger partial charge in [0, 0.05) is 13.0 Å². The Kier molecular flexibility index (Phi) is 13.2. The van der Waals surface area contributed by atoms with E-state index in [1.165, 1.54) is 28.4 Å². The lowest BCUT2D eigenvalue weighted by Gasteiger charge is -2.29. The summed E-state index contributed by atoms with van der Waals surface area (Å²) in [5.41, 5.74) is 11.1. The van der Waals surface area contributed by atoms with Gasteiger partial charge in [0.25, 0.3) is 0 Å². The Morgan fingerprint density at radius 1 is 1.00 bits per heavy atom. The van der Waals surface area contributed by atoms with E-state index in [4.69, 9.17) is 11.5 Å². The van der Waals surface area contributed by atoms with Crippen LogP contribution >= 0.6 is 23.5 Å². The Labute approximate surface area is 202 Å². The molecule has 0 aromatic rings. The maximum absolute atomic E-state index is 13.1. The first-order valence-corrected chi connectivity index (χ1v) is 13.6. The van der Waals surface area contributed by atoms with Crippen molar-refractivity contribution in [3.05, 3.63) is 0 Å². The lowest BCUT2D eigenvalue weighted by molar-refractivity contribution is -0.149. The zero-order valence-corrected chi connectivity index (χ0v) is 20.7. The number of rotatable bonds is 15. The summed E-state index contributed by atoms with van der Waals surface area (Å²) in [6.07, 6.45) is 5.17. The van der Waals surface area contributed by atoms with Gasteiger partial charge in [-0.05, 0) is 56.1 Å². The van der Waals surface area contributed by atoms with Crippen LogP contribution in [0.3, 0.4) is 0 Å². The van der Waals surface area contributed by atoms with Crippen LogP contribution in [0.5, 0.6) is 0 Å². The molecule has 33 heavy (non-hydrogen) atoms. The molecule has 13 heteroatoms. The van der Waals surface area contributed by atoms with Crippen LogP contribution in [0.4, 0.5) is 0 Å². The Morgan fingerprint density at radius 2 is 1.61 bits per heavy atom. The predicted molar refractivity (Wildman–Crippen MR) is 129 cm³/mol. The van der Waals surface area contributed by atoms with Gasteiger partial charge in [-0.1, -0.05) is 0 Å². The summed E-state index contributed by atoms with van der Waals surface area (Å²) in [7, 11) is 0. The Hall–Kier alpha value is -1.99. The number of aliphatic carboxylic acids is 1. The van der Waals surface area contributed by atoms with Gasteiger partial charge in [0.2, 0.25) is 23.6 Å². The number of hydrogen-bond acceptors (Lipinski definition) is 8. The molecule has 0 aromatic heterocycles. The number of carbonyl (C=O) groups excluding carboxylic acids is 4. The van der Waals surface area contributed by atoms with Crippen molar-refractivity contribution in [2.75, 3.05) is 30.6 Å². The Bertz CT molecular complexity index is 710. The number of likely N-dealkylation sites (tertiary alicyclic amines) is 1. The fourth-order valence-corrected chi connectivity index (χ4v) is 4.42. The number of nitrogens with one attached hydrogen (secondary N) is 2. The number of nitrogens with zero attached hydrogens (tertiary/aromatic N) is 1. The van der Waals surface area contributed by atoms with E-state index in [1.807, 2.05) is 12.5 Å². The van der Waals surface area contributed by atoms with Gasteiger partial charge in [0.15, 0.2) is 0 Å². The van der Waals surface area contributed by atoms with E-state index in [-0.39, 0.29) is 19.3 Å². The van der Waals surface area contributed by atoms with Crippen LogP contribution in [-0.4, -0.2) is 94.3 Å². The third kappa shape index (κ3) is 9.80. The molecule has 4 unspecified atom stereocenters. The molecule has 4 atom stereocenters. The third-order valence-corrected chi connectivity index (χ3v) is 6.62. The van der Waals surface area contributed by atoms with E-state index >= 15 is 0 Å². The van der Waals surface area contributed by atoms with Crippen LogP contribution in [-0.2, 0) is 24.0 Å². The van der Waals surface area contributed by atoms with Crippen LogP contribution < -0.4 is 22.1 Å². The van der Waals surface area contributed by atoms with Gasteiger partial charge in [-0.2, -0.15) is 23.5 Å². The molecule has 0 bridgehead atoms. The van der Waals surface area contributed by atoms with Gasteiger partial charge in [0.1, 0.15) is 18.1 Å². The van der Waals surface area contributed by atoms with Crippen molar-refractivity contribution >= 4 is 53.1 Å². The molecule has 1 rings (SSSR count). The van der Waals surface area contributed by atoms with E-state index in [2.05, 4.69) is 10.6 Å². The van der Waals surface area contributed by atoms with Crippen LogP contribution in [0, 0.1) is 0 Å². The van der Waals surface area contributed by atoms with Gasteiger partial charge < -0.3 is 32.1 Å². The minimum atomic E-state index is -1.11. The molecule has 11 nitrogen and oxygen atoms in total. The van der Waals surface area contributed by atoms with E-state index in [0.717, 1.165) is 0 Å². The number of amides is 4.